The highest BCUT2D eigenvalue weighted by Crippen LogP contribution is 2.32. The van der Waals surface area contributed by atoms with E-state index in [2.05, 4.69) is 21.7 Å². The molecular weight excluding hydrogens is 240 g/mol. The molecule has 0 amide bonds. The van der Waals surface area contributed by atoms with Gasteiger partial charge in [-0.2, -0.15) is 0 Å². The number of hydrogen-bond donors (Lipinski definition) is 1. The molecule has 1 unspecified atom stereocenters. The van der Waals surface area contributed by atoms with Crippen molar-refractivity contribution in [1.29, 1.82) is 0 Å². The number of anilines is 1. The van der Waals surface area contributed by atoms with Crippen LogP contribution in [0.2, 0.25) is 0 Å². The van der Waals surface area contributed by atoms with Crippen LogP contribution in [0.1, 0.15) is 31.5 Å². The van der Waals surface area contributed by atoms with E-state index in [4.69, 9.17) is 10.5 Å². The minimum atomic E-state index is 0.477. The minimum absolute atomic E-state index is 0.477. The van der Waals surface area contributed by atoms with E-state index >= 15 is 0 Å². The molecule has 0 fully saturated rings. The van der Waals surface area contributed by atoms with Gasteiger partial charge in [-0.15, -0.1) is 10.2 Å². The first kappa shape index (κ1) is 12.0. The van der Waals surface area contributed by atoms with Gasteiger partial charge in [0.2, 0.25) is 0 Å². The number of nitrogens with two attached hydrogens (primary N) is 1. The Balaban J connectivity index is 2.05. The fourth-order valence-electron chi connectivity index (χ4n) is 2.67. The third kappa shape index (κ3) is 1.95. The maximum Gasteiger partial charge on any atom is 0.164 e. The van der Waals surface area contributed by atoms with Crippen molar-refractivity contribution in [2.45, 2.75) is 32.2 Å². The molecule has 1 atom stereocenters. The highest BCUT2D eigenvalue weighted by molar-refractivity contribution is 5.66. The number of aromatic nitrogens is 3. The van der Waals surface area contributed by atoms with Crippen LogP contribution in [0.15, 0.2) is 18.2 Å². The third-order valence-corrected chi connectivity index (χ3v) is 3.73. The number of ether oxygens (including phenoxy) is 1. The van der Waals surface area contributed by atoms with E-state index in [1.807, 2.05) is 18.2 Å². The molecule has 0 saturated heterocycles. The lowest BCUT2D eigenvalue weighted by molar-refractivity contribution is 0.417. The van der Waals surface area contributed by atoms with Gasteiger partial charge in [-0.05, 0) is 31.0 Å². The smallest absolute Gasteiger partial charge is 0.164 e. The molecule has 19 heavy (non-hydrogen) atoms. The van der Waals surface area contributed by atoms with Gasteiger partial charge in [-0.25, -0.2) is 0 Å². The van der Waals surface area contributed by atoms with Gasteiger partial charge < -0.3 is 15.0 Å². The van der Waals surface area contributed by atoms with Crippen LogP contribution in [0.25, 0.3) is 11.4 Å². The second kappa shape index (κ2) is 4.57. The molecule has 5 nitrogen and oxygen atoms in total. The number of rotatable bonds is 2. The Morgan fingerprint density at radius 1 is 1.37 bits per heavy atom. The Kier molecular flexibility index (Phi) is 2.89. The number of nitrogens with zero attached hydrogens (tertiary/aromatic N) is 3. The largest absolute Gasteiger partial charge is 0.495 e. The van der Waals surface area contributed by atoms with Crippen molar-refractivity contribution in [3.05, 3.63) is 24.0 Å². The predicted molar refractivity (Wildman–Crippen MR) is 74.1 cm³/mol. The molecule has 0 radical (unpaired) electrons. The maximum atomic E-state index is 5.96. The van der Waals surface area contributed by atoms with Crippen LogP contribution in [0.3, 0.4) is 0 Å². The van der Waals surface area contributed by atoms with E-state index in [0.29, 0.717) is 17.4 Å². The van der Waals surface area contributed by atoms with Crippen molar-refractivity contribution < 1.29 is 4.74 Å². The van der Waals surface area contributed by atoms with E-state index in [1.54, 1.807) is 7.11 Å². The van der Waals surface area contributed by atoms with E-state index in [9.17, 15) is 0 Å². The van der Waals surface area contributed by atoms with Crippen LogP contribution in [-0.2, 0) is 6.54 Å². The summed E-state index contributed by atoms with van der Waals surface area (Å²) in [6.07, 6.45) is 2.35. The molecule has 0 bridgehead atoms. The Bertz CT molecular complexity index is 605. The zero-order valence-electron chi connectivity index (χ0n) is 11.3. The summed E-state index contributed by atoms with van der Waals surface area (Å²) in [5.41, 5.74) is 7.58. The Morgan fingerprint density at radius 2 is 2.21 bits per heavy atom. The van der Waals surface area contributed by atoms with Gasteiger partial charge >= 0.3 is 0 Å². The number of methoxy groups -OCH3 is 1. The predicted octanol–water partition coefficient (Wildman–Crippen LogP) is 2.43. The molecule has 2 heterocycles. The van der Waals surface area contributed by atoms with Gasteiger partial charge in [-0.1, -0.05) is 6.92 Å². The van der Waals surface area contributed by atoms with Gasteiger partial charge in [0.25, 0.3) is 0 Å². The molecular formula is C14H18N4O. The van der Waals surface area contributed by atoms with Crippen LogP contribution in [0, 0.1) is 0 Å². The summed E-state index contributed by atoms with van der Waals surface area (Å²) >= 11 is 0. The number of nitrogen functional groups attached to an aromatic ring is 1. The molecule has 1 aliphatic heterocycles. The summed E-state index contributed by atoms with van der Waals surface area (Å²) in [4.78, 5) is 0. The number of fused-ring (bicyclic) bond motifs is 1. The van der Waals surface area contributed by atoms with Crippen LogP contribution in [-0.4, -0.2) is 21.9 Å². The molecule has 1 aromatic carbocycles. The first-order valence-corrected chi connectivity index (χ1v) is 6.57. The summed E-state index contributed by atoms with van der Waals surface area (Å²) in [6.45, 7) is 3.18. The second-order valence-corrected chi connectivity index (χ2v) is 5.03. The summed E-state index contributed by atoms with van der Waals surface area (Å²) in [5, 5.41) is 8.66. The topological polar surface area (TPSA) is 66.0 Å². The maximum absolute atomic E-state index is 5.96. The Hall–Kier alpha value is -2.04. The molecule has 100 valence electrons. The first-order valence-electron chi connectivity index (χ1n) is 6.57. The molecule has 1 aliphatic rings. The fraction of sp³-hybridized carbons (Fsp3) is 0.429. The van der Waals surface area contributed by atoms with E-state index in [1.165, 1.54) is 12.8 Å². The quantitative estimate of drug-likeness (QED) is 0.840. The molecule has 0 saturated carbocycles. The monoisotopic (exact) mass is 258 g/mol. The Labute approximate surface area is 112 Å². The van der Waals surface area contributed by atoms with Crippen LogP contribution >= 0.6 is 0 Å². The van der Waals surface area contributed by atoms with Crippen LogP contribution in [0.4, 0.5) is 5.69 Å². The molecule has 2 N–H and O–H groups in total. The SMILES string of the molecule is COc1ccc(-c2nnc3n2CCCC3C)cc1N. The molecule has 1 aromatic heterocycles. The lowest BCUT2D eigenvalue weighted by atomic mass is 10.0. The van der Waals surface area contributed by atoms with E-state index in [0.717, 1.165) is 23.8 Å². The van der Waals surface area contributed by atoms with Crippen molar-refractivity contribution in [1.82, 2.24) is 14.8 Å². The van der Waals surface area contributed by atoms with Crippen molar-refractivity contribution in [3.63, 3.8) is 0 Å². The number of hydrogen-bond acceptors (Lipinski definition) is 4. The van der Waals surface area contributed by atoms with E-state index < -0.39 is 0 Å². The third-order valence-electron chi connectivity index (χ3n) is 3.73. The Morgan fingerprint density at radius 3 is 2.95 bits per heavy atom. The zero-order valence-corrected chi connectivity index (χ0v) is 11.3. The number of benzene rings is 1. The van der Waals surface area contributed by atoms with Crippen molar-refractivity contribution >= 4 is 5.69 Å². The summed E-state index contributed by atoms with van der Waals surface area (Å²) in [6, 6.07) is 5.75. The summed E-state index contributed by atoms with van der Waals surface area (Å²) < 4.78 is 7.38. The molecule has 2 aromatic rings. The normalized spacial score (nSPS) is 18.1. The van der Waals surface area contributed by atoms with Gasteiger partial charge in [0, 0.05) is 18.0 Å². The van der Waals surface area contributed by atoms with Crippen molar-refractivity contribution in [2.24, 2.45) is 0 Å². The highest BCUT2D eigenvalue weighted by Gasteiger charge is 2.22. The molecule has 0 spiro atoms. The van der Waals surface area contributed by atoms with Crippen molar-refractivity contribution in [3.8, 4) is 17.1 Å². The van der Waals surface area contributed by atoms with Gasteiger partial charge in [0.15, 0.2) is 5.82 Å². The van der Waals surface area contributed by atoms with Crippen LogP contribution in [0.5, 0.6) is 5.75 Å². The lowest BCUT2D eigenvalue weighted by Crippen LogP contribution is -2.14. The minimum Gasteiger partial charge on any atom is -0.495 e. The fourth-order valence-corrected chi connectivity index (χ4v) is 2.67. The molecule has 5 heteroatoms. The standard InChI is InChI=1S/C14H18N4O/c1-9-4-3-7-18-13(9)16-17-14(18)10-5-6-12(19-2)11(15)8-10/h5-6,8-9H,3-4,7,15H2,1-2H3. The molecule has 0 aliphatic carbocycles. The highest BCUT2D eigenvalue weighted by atomic mass is 16.5. The van der Waals surface area contributed by atoms with Crippen molar-refractivity contribution in [2.75, 3.05) is 12.8 Å². The average Bonchev–Trinajstić information content (AvgIpc) is 2.84. The summed E-state index contributed by atoms with van der Waals surface area (Å²) in [5.74, 6) is 3.15. The van der Waals surface area contributed by atoms with Gasteiger partial charge in [0.1, 0.15) is 11.6 Å². The average molecular weight is 258 g/mol. The van der Waals surface area contributed by atoms with Gasteiger partial charge in [0.05, 0.1) is 12.8 Å². The van der Waals surface area contributed by atoms with Crippen LogP contribution < -0.4 is 10.5 Å². The van der Waals surface area contributed by atoms with Gasteiger partial charge in [-0.3, -0.25) is 0 Å². The summed E-state index contributed by atoms with van der Waals surface area (Å²) in [7, 11) is 1.62. The first-order chi connectivity index (χ1) is 9.20. The second-order valence-electron chi connectivity index (χ2n) is 5.03. The zero-order chi connectivity index (χ0) is 13.4. The van der Waals surface area contributed by atoms with E-state index in [-0.39, 0.29) is 0 Å². The lowest BCUT2D eigenvalue weighted by Gasteiger charge is -2.20. The molecule has 3 rings (SSSR count).